The lowest BCUT2D eigenvalue weighted by Crippen LogP contribution is -2.12. The second-order valence-corrected chi connectivity index (χ2v) is 5.52. The Labute approximate surface area is 132 Å². The fourth-order valence-electron chi connectivity index (χ4n) is 1.83. The van der Waals surface area contributed by atoms with Gasteiger partial charge in [0.05, 0.1) is 6.61 Å². The first-order valence-corrected chi connectivity index (χ1v) is 7.48. The largest absolute Gasteiger partial charge is 0.494 e. The highest BCUT2D eigenvalue weighted by molar-refractivity contribution is 9.10. The molecule has 0 unspecified atom stereocenters. The van der Waals surface area contributed by atoms with Crippen LogP contribution in [-0.2, 0) is 0 Å². The van der Waals surface area contributed by atoms with Crippen LogP contribution in [0.15, 0.2) is 46.9 Å². The minimum absolute atomic E-state index is 0.212. The third-order valence-electron chi connectivity index (χ3n) is 2.75. The van der Waals surface area contributed by atoms with Gasteiger partial charge in [-0.15, -0.1) is 0 Å². The summed E-state index contributed by atoms with van der Waals surface area (Å²) in [6, 6.07) is 12.4. The van der Waals surface area contributed by atoms with Gasteiger partial charge in [-0.2, -0.15) is 0 Å². The second kappa shape index (κ2) is 7.13. The fraction of sp³-hybridized carbons (Fsp3) is 0.188. The van der Waals surface area contributed by atoms with Crippen molar-refractivity contribution in [2.45, 2.75) is 13.3 Å². The molecule has 0 aliphatic rings. The van der Waals surface area contributed by atoms with Crippen molar-refractivity contribution in [1.82, 2.24) is 0 Å². The number of hydrogen-bond acceptors (Lipinski definition) is 3. The summed E-state index contributed by atoms with van der Waals surface area (Å²) in [5, 5.41) is 2.83. The Balaban J connectivity index is 2.11. The maximum absolute atomic E-state index is 12.2. The van der Waals surface area contributed by atoms with E-state index in [-0.39, 0.29) is 5.91 Å². The molecular weight excluding hydrogens is 332 g/mol. The molecule has 0 heterocycles. The Morgan fingerprint density at radius 1 is 1.29 bits per heavy atom. The zero-order valence-corrected chi connectivity index (χ0v) is 13.3. The van der Waals surface area contributed by atoms with E-state index in [1.165, 1.54) is 0 Å². The molecule has 21 heavy (non-hydrogen) atoms. The van der Waals surface area contributed by atoms with Crippen LogP contribution in [0.5, 0.6) is 5.75 Å². The average molecular weight is 349 g/mol. The smallest absolute Gasteiger partial charge is 0.255 e. The molecule has 0 atom stereocenters. The van der Waals surface area contributed by atoms with Crippen LogP contribution in [0, 0.1) is 0 Å². The van der Waals surface area contributed by atoms with E-state index < -0.39 is 0 Å². The van der Waals surface area contributed by atoms with Gasteiger partial charge in [-0.3, -0.25) is 4.79 Å². The molecule has 0 saturated heterocycles. The lowest BCUT2D eigenvalue weighted by atomic mass is 10.2. The van der Waals surface area contributed by atoms with Crippen molar-refractivity contribution in [3.63, 3.8) is 0 Å². The number of carbonyl (C=O) groups is 1. The van der Waals surface area contributed by atoms with Gasteiger partial charge >= 0.3 is 0 Å². The van der Waals surface area contributed by atoms with Crippen LogP contribution in [0.1, 0.15) is 23.7 Å². The zero-order valence-electron chi connectivity index (χ0n) is 11.7. The van der Waals surface area contributed by atoms with Crippen molar-refractivity contribution in [2.24, 2.45) is 0 Å². The molecule has 3 N–H and O–H groups in total. The summed E-state index contributed by atoms with van der Waals surface area (Å²) in [6.07, 6.45) is 0.938. The Hall–Kier alpha value is -2.01. The van der Waals surface area contributed by atoms with Crippen molar-refractivity contribution in [3.8, 4) is 5.75 Å². The van der Waals surface area contributed by atoms with Crippen LogP contribution in [-0.4, -0.2) is 12.5 Å². The normalized spacial score (nSPS) is 10.2. The van der Waals surface area contributed by atoms with Crippen molar-refractivity contribution < 1.29 is 9.53 Å². The third-order valence-corrected chi connectivity index (χ3v) is 3.20. The number of amides is 1. The lowest BCUT2D eigenvalue weighted by molar-refractivity contribution is 0.102. The predicted molar refractivity (Wildman–Crippen MR) is 88.7 cm³/mol. The van der Waals surface area contributed by atoms with E-state index in [1.54, 1.807) is 24.3 Å². The highest BCUT2D eigenvalue weighted by atomic mass is 79.9. The van der Waals surface area contributed by atoms with Crippen LogP contribution < -0.4 is 15.8 Å². The quantitative estimate of drug-likeness (QED) is 0.800. The average Bonchev–Trinajstić information content (AvgIpc) is 2.44. The molecule has 0 spiro atoms. The summed E-state index contributed by atoms with van der Waals surface area (Å²) in [7, 11) is 0. The number of carbonyl (C=O) groups excluding carboxylic acids is 1. The Bertz CT molecular complexity index is 624. The lowest BCUT2D eigenvalue weighted by Gasteiger charge is -2.09. The molecule has 0 aliphatic heterocycles. The van der Waals surface area contributed by atoms with Crippen LogP contribution in [0.2, 0.25) is 0 Å². The van der Waals surface area contributed by atoms with Gasteiger partial charge in [0, 0.05) is 27.5 Å². The van der Waals surface area contributed by atoms with Crippen molar-refractivity contribution >= 4 is 33.2 Å². The molecule has 1 amide bonds. The molecule has 4 nitrogen and oxygen atoms in total. The molecule has 0 fully saturated rings. The van der Waals surface area contributed by atoms with Gasteiger partial charge in [-0.05, 0) is 36.8 Å². The summed E-state index contributed by atoms with van der Waals surface area (Å²) >= 11 is 3.33. The maximum Gasteiger partial charge on any atom is 0.255 e. The zero-order chi connectivity index (χ0) is 15.2. The Morgan fingerprint density at radius 2 is 2.10 bits per heavy atom. The highest BCUT2D eigenvalue weighted by Gasteiger charge is 2.08. The van der Waals surface area contributed by atoms with Gasteiger partial charge in [-0.1, -0.05) is 28.9 Å². The molecule has 0 saturated carbocycles. The summed E-state index contributed by atoms with van der Waals surface area (Å²) in [5.74, 6) is 0.527. The van der Waals surface area contributed by atoms with Gasteiger partial charge in [0.1, 0.15) is 5.75 Å². The van der Waals surface area contributed by atoms with E-state index in [2.05, 4.69) is 21.2 Å². The van der Waals surface area contributed by atoms with E-state index >= 15 is 0 Å². The molecule has 0 radical (unpaired) electrons. The summed E-state index contributed by atoms with van der Waals surface area (Å²) in [5.41, 5.74) is 7.47. The van der Waals surface area contributed by atoms with E-state index in [0.717, 1.165) is 16.6 Å². The van der Waals surface area contributed by atoms with E-state index in [4.69, 9.17) is 10.5 Å². The SMILES string of the molecule is CCCOc1cccc(NC(=O)c2cc(N)cc(Br)c2)c1. The molecule has 2 aromatic rings. The molecule has 2 aromatic carbocycles. The second-order valence-electron chi connectivity index (χ2n) is 4.60. The Morgan fingerprint density at radius 3 is 2.81 bits per heavy atom. The molecule has 2 rings (SSSR count). The van der Waals surface area contributed by atoms with Crippen LogP contribution in [0.3, 0.4) is 0 Å². The fourth-order valence-corrected chi connectivity index (χ4v) is 2.34. The molecule has 110 valence electrons. The van der Waals surface area contributed by atoms with Gasteiger partial charge in [0.2, 0.25) is 0 Å². The minimum atomic E-state index is -0.212. The number of benzene rings is 2. The molecule has 0 bridgehead atoms. The summed E-state index contributed by atoms with van der Waals surface area (Å²) < 4.78 is 6.31. The number of anilines is 2. The highest BCUT2D eigenvalue weighted by Crippen LogP contribution is 2.21. The Kier molecular flexibility index (Phi) is 5.22. The van der Waals surface area contributed by atoms with Crippen LogP contribution >= 0.6 is 15.9 Å². The standard InChI is InChI=1S/C16H17BrN2O2/c1-2-6-21-15-5-3-4-14(10-15)19-16(20)11-7-12(17)9-13(18)8-11/h3-5,7-10H,2,6,18H2,1H3,(H,19,20). The third kappa shape index (κ3) is 4.49. The molecule has 0 aromatic heterocycles. The van der Waals surface area contributed by atoms with E-state index in [0.29, 0.717) is 23.5 Å². The maximum atomic E-state index is 12.2. The van der Waals surface area contributed by atoms with Crippen LogP contribution in [0.25, 0.3) is 0 Å². The van der Waals surface area contributed by atoms with Crippen molar-refractivity contribution in [3.05, 3.63) is 52.5 Å². The van der Waals surface area contributed by atoms with Gasteiger partial charge < -0.3 is 15.8 Å². The monoisotopic (exact) mass is 348 g/mol. The first-order chi connectivity index (χ1) is 10.1. The first kappa shape index (κ1) is 15.4. The summed E-state index contributed by atoms with van der Waals surface area (Å²) in [6.45, 7) is 2.70. The number of ether oxygens (including phenoxy) is 1. The first-order valence-electron chi connectivity index (χ1n) is 6.69. The molecule has 5 heteroatoms. The number of halogens is 1. The van der Waals surface area contributed by atoms with Crippen molar-refractivity contribution in [2.75, 3.05) is 17.7 Å². The number of hydrogen-bond donors (Lipinski definition) is 2. The van der Waals surface area contributed by atoms with Gasteiger partial charge in [-0.25, -0.2) is 0 Å². The molecular formula is C16H17BrN2O2. The number of nitrogen functional groups attached to an aromatic ring is 1. The number of nitrogens with one attached hydrogen (secondary N) is 1. The van der Waals surface area contributed by atoms with E-state index in [1.807, 2.05) is 25.1 Å². The van der Waals surface area contributed by atoms with Gasteiger partial charge in [0.15, 0.2) is 0 Å². The van der Waals surface area contributed by atoms with Gasteiger partial charge in [0.25, 0.3) is 5.91 Å². The number of rotatable bonds is 5. The minimum Gasteiger partial charge on any atom is -0.494 e. The number of nitrogens with two attached hydrogens (primary N) is 1. The summed E-state index contributed by atoms with van der Waals surface area (Å²) in [4.78, 5) is 12.2. The molecule has 0 aliphatic carbocycles. The topological polar surface area (TPSA) is 64.3 Å². The predicted octanol–water partition coefficient (Wildman–Crippen LogP) is 4.07. The van der Waals surface area contributed by atoms with Crippen molar-refractivity contribution in [1.29, 1.82) is 0 Å². The van der Waals surface area contributed by atoms with Crippen LogP contribution in [0.4, 0.5) is 11.4 Å². The van der Waals surface area contributed by atoms with E-state index in [9.17, 15) is 4.79 Å².